The number of unbranched alkanes of at least 4 members (excludes halogenated alkanes) is 1. The number of imidazole rings is 1. The minimum Gasteiger partial charge on any atom is -0.339 e. The summed E-state index contributed by atoms with van der Waals surface area (Å²) in [6.45, 7) is 6.35. The molecule has 0 bridgehead atoms. The monoisotopic (exact) mass is 418 g/mol. The van der Waals surface area contributed by atoms with Crippen LogP contribution in [0.1, 0.15) is 51.0 Å². The Kier molecular flexibility index (Phi) is 7.49. The lowest BCUT2D eigenvalue weighted by Crippen LogP contribution is -2.39. The first-order valence-electron chi connectivity index (χ1n) is 10.7. The van der Waals surface area contributed by atoms with Crippen molar-refractivity contribution in [2.45, 2.75) is 56.5 Å². The Morgan fingerprint density at radius 3 is 2.59 bits per heavy atom. The third kappa shape index (κ3) is 5.27. The molecule has 2 heterocycles. The number of sulfonamides is 1. The van der Waals surface area contributed by atoms with Gasteiger partial charge in [-0.05, 0) is 24.4 Å². The van der Waals surface area contributed by atoms with Crippen LogP contribution in [-0.4, -0.2) is 48.0 Å². The number of hydrogen-bond acceptors (Lipinski definition) is 4. The van der Waals surface area contributed by atoms with Gasteiger partial charge in [0.2, 0.25) is 0 Å². The standard InChI is InChI=1S/C22H34N4O2S/c1-4-6-10-18(5-2)13-23-21-15-26(14-20(21)19-11-8-7-9-12-19)29(27,28)22-16-25(3)17-24-22/h7-9,11-12,16-18,20-21,23H,4-6,10,13-15H2,1-3H3. The Balaban J connectivity index is 1.77. The molecule has 1 N–H and O–H groups in total. The fourth-order valence-corrected chi connectivity index (χ4v) is 5.58. The van der Waals surface area contributed by atoms with Gasteiger partial charge in [0.15, 0.2) is 5.03 Å². The molecule has 1 saturated heterocycles. The molecule has 6 nitrogen and oxygen atoms in total. The molecule has 1 aromatic heterocycles. The van der Waals surface area contributed by atoms with Crippen molar-refractivity contribution >= 4 is 10.0 Å². The third-order valence-corrected chi connectivity index (χ3v) is 7.73. The molecule has 3 atom stereocenters. The number of nitrogens with one attached hydrogen (secondary N) is 1. The maximum atomic E-state index is 13.1. The summed E-state index contributed by atoms with van der Waals surface area (Å²) in [5, 5.41) is 3.84. The maximum Gasteiger partial charge on any atom is 0.262 e. The van der Waals surface area contributed by atoms with Gasteiger partial charge in [0.05, 0.1) is 6.33 Å². The van der Waals surface area contributed by atoms with Gasteiger partial charge in [-0.25, -0.2) is 13.4 Å². The minimum absolute atomic E-state index is 0.103. The van der Waals surface area contributed by atoms with Crippen molar-refractivity contribution in [3.8, 4) is 0 Å². The lowest BCUT2D eigenvalue weighted by atomic mass is 9.93. The highest BCUT2D eigenvalue weighted by atomic mass is 32.2. The topological polar surface area (TPSA) is 67.2 Å². The summed E-state index contributed by atoms with van der Waals surface area (Å²) in [5.41, 5.74) is 1.19. The van der Waals surface area contributed by atoms with Gasteiger partial charge in [-0.2, -0.15) is 4.31 Å². The zero-order valence-corrected chi connectivity index (χ0v) is 18.6. The van der Waals surface area contributed by atoms with Crippen molar-refractivity contribution in [3.05, 3.63) is 48.4 Å². The molecule has 1 aliphatic heterocycles. The van der Waals surface area contributed by atoms with E-state index in [4.69, 9.17) is 0 Å². The highest BCUT2D eigenvalue weighted by Crippen LogP contribution is 2.31. The normalized spacial score (nSPS) is 21.5. The number of benzene rings is 1. The van der Waals surface area contributed by atoms with E-state index in [9.17, 15) is 8.42 Å². The number of hydrogen-bond donors (Lipinski definition) is 1. The third-order valence-electron chi connectivity index (χ3n) is 6.01. The minimum atomic E-state index is -3.59. The highest BCUT2D eigenvalue weighted by Gasteiger charge is 2.40. The fraction of sp³-hybridized carbons (Fsp3) is 0.591. The number of aryl methyl sites for hydroxylation is 1. The largest absolute Gasteiger partial charge is 0.339 e. The van der Waals surface area contributed by atoms with E-state index in [1.807, 2.05) is 18.2 Å². The van der Waals surface area contributed by atoms with Crippen LogP contribution in [0.15, 0.2) is 47.9 Å². The molecule has 0 amide bonds. The first-order chi connectivity index (χ1) is 14.0. The molecule has 2 aromatic rings. The second-order valence-corrected chi connectivity index (χ2v) is 10.0. The van der Waals surface area contributed by atoms with Gasteiger partial charge in [-0.3, -0.25) is 0 Å². The van der Waals surface area contributed by atoms with Crippen molar-refractivity contribution < 1.29 is 8.42 Å². The molecule has 160 valence electrons. The smallest absolute Gasteiger partial charge is 0.262 e. The van der Waals surface area contributed by atoms with Crippen LogP contribution in [0.5, 0.6) is 0 Å². The summed E-state index contributed by atoms with van der Waals surface area (Å²) < 4.78 is 29.5. The Morgan fingerprint density at radius 1 is 1.21 bits per heavy atom. The molecular weight excluding hydrogens is 384 g/mol. The van der Waals surface area contributed by atoms with Crippen LogP contribution in [0.3, 0.4) is 0 Å². The molecule has 3 rings (SSSR count). The van der Waals surface area contributed by atoms with E-state index in [-0.39, 0.29) is 17.0 Å². The van der Waals surface area contributed by atoms with E-state index in [1.165, 1.54) is 31.2 Å². The quantitative estimate of drug-likeness (QED) is 0.642. The van der Waals surface area contributed by atoms with Crippen molar-refractivity contribution in [1.82, 2.24) is 19.2 Å². The van der Waals surface area contributed by atoms with E-state index < -0.39 is 10.0 Å². The summed E-state index contributed by atoms with van der Waals surface area (Å²) in [6.07, 6.45) is 7.93. The molecule has 0 saturated carbocycles. The molecule has 29 heavy (non-hydrogen) atoms. The summed E-state index contributed by atoms with van der Waals surface area (Å²) in [6, 6.07) is 10.4. The van der Waals surface area contributed by atoms with E-state index in [0.29, 0.717) is 19.0 Å². The molecule has 7 heteroatoms. The summed E-state index contributed by atoms with van der Waals surface area (Å²) >= 11 is 0. The second-order valence-electron chi connectivity index (χ2n) is 8.15. The van der Waals surface area contributed by atoms with Crippen LogP contribution in [0.4, 0.5) is 0 Å². The number of nitrogens with zero attached hydrogens (tertiary/aromatic N) is 3. The molecular formula is C22H34N4O2S. The van der Waals surface area contributed by atoms with E-state index in [0.717, 1.165) is 13.0 Å². The molecule has 0 radical (unpaired) electrons. The summed E-state index contributed by atoms with van der Waals surface area (Å²) in [4.78, 5) is 4.09. The van der Waals surface area contributed by atoms with Crippen LogP contribution in [0.2, 0.25) is 0 Å². The molecule has 1 fully saturated rings. The summed E-state index contributed by atoms with van der Waals surface area (Å²) in [7, 11) is -1.80. The second kappa shape index (κ2) is 9.87. The zero-order chi connectivity index (χ0) is 20.9. The Labute approximate surface area is 175 Å². The van der Waals surface area contributed by atoms with Crippen LogP contribution >= 0.6 is 0 Å². The zero-order valence-electron chi connectivity index (χ0n) is 17.8. The SMILES string of the molecule is CCCCC(CC)CNC1CN(S(=O)(=O)c2cn(C)cn2)CC1c1ccccc1. The lowest BCUT2D eigenvalue weighted by molar-refractivity contribution is 0.379. The highest BCUT2D eigenvalue weighted by molar-refractivity contribution is 7.89. The van der Waals surface area contributed by atoms with Gasteiger partial charge in [0, 0.05) is 38.3 Å². The first kappa shape index (κ1) is 22.0. The molecule has 1 aliphatic rings. The van der Waals surface area contributed by atoms with Crippen molar-refractivity contribution in [1.29, 1.82) is 0 Å². The molecule has 0 aliphatic carbocycles. The number of rotatable bonds is 10. The molecule has 1 aromatic carbocycles. The molecule has 0 spiro atoms. The Morgan fingerprint density at radius 2 is 1.97 bits per heavy atom. The predicted octanol–water partition coefficient (Wildman–Crippen LogP) is 3.38. The average Bonchev–Trinajstić information content (AvgIpc) is 3.36. The van der Waals surface area contributed by atoms with Gasteiger partial charge in [-0.1, -0.05) is 63.4 Å². The van der Waals surface area contributed by atoms with Crippen molar-refractivity contribution in [2.75, 3.05) is 19.6 Å². The van der Waals surface area contributed by atoms with E-state index >= 15 is 0 Å². The van der Waals surface area contributed by atoms with Crippen molar-refractivity contribution in [2.24, 2.45) is 13.0 Å². The number of aromatic nitrogens is 2. The van der Waals surface area contributed by atoms with Gasteiger partial charge in [0.1, 0.15) is 0 Å². The van der Waals surface area contributed by atoms with Crippen LogP contribution < -0.4 is 5.32 Å². The first-order valence-corrected chi connectivity index (χ1v) is 12.2. The predicted molar refractivity (Wildman–Crippen MR) is 116 cm³/mol. The van der Waals surface area contributed by atoms with Gasteiger partial charge in [-0.15, -0.1) is 0 Å². The fourth-order valence-electron chi connectivity index (χ4n) is 4.12. The van der Waals surface area contributed by atoms with Gasteiger partial charge >= 0.3 is 0 Å². The van der Waals surface area contributed by atoms with Crippen molar-refractivity contribution in [3.63, 3.8) is 0 Å². The Bertz CT molecular complexity index is 866. The lowest BCUT2D eigenvalue weighted by Gasteiger charge is -2.23. The average molecular weight is 419 g/mol. The van der Waals surface area contributed by atoms with Crippen LogP contribution in [0, 0.1) is 5.92 Å². The van der Waals surface area contributed by atoms with Gasteiger partial charge in [0.25, 0.3) is 10.0 Å². The van der Waals surface area contributed by atoms with Crippen LogP contribution in [0.25, 0.3) is 0 Å². The van der Waals surface area contributed by atoms with E-state index in [2.05, 4.69) is 36.3 Å². The molecule has 3 unspecified atom stereocenters. The van der Waals surface area contributed by atoms with Crippen LogP contribution in [-0.2, 0) is 17.1 Å². The van der Waals surface area contributed by atoms with E-state index in [1.54, 1.807) is 22.1 Å². The van der Waals surface area contributed by atoms with Gasteiger partial charge < -0.3 is 9.88 Å². The Hall–Kier alpha value is -1.70. The maximum absolute atomic E-state index is 13.1. The summed E-state index contributed by atoms with van der Waals surface area (Å²) in [5.74, 6) is 0.770.